The minimum absolute atomic E-state index is 0.00189. The molecule has 0 aromatic heterocycles. The summed E-state index contributed by atoms with van der Waals surface area (Å²) in [6, 6.07) is 9.91. The summed E-state index contributed by atoms with van der Waals surface area (Å²) < 4.78 is 5.62. The molecule has 1 N–H and O–H groups in total. The zero-order valence-electron chi connectivity index (χ0n) is 13.7. The average Bonchev–Trinajstić information content (AvgIpc) is 2.66. The Morgan fingerprint density at radius 2 is 2.00 bits per heavy atom. The third-order valence-electron chi connectivity index (χ3n) is 4.00. The van der Waals surface area contributed by atoms with Crippen molar-refractivity contribution >= 4 is 23.5 Å². The molecule has 1 heterocycles. The lowest BCUT2D eigenvalue weighted by Crippen LogP contribution is -2.22. The Morgan fingerprint density at radius 1 is 1.23 bits per heavy atom. The number of nitrogens with zero attached hydrogens (tertiary/aromatic N) is 1. The average molecular weight is 370 g/mol. The Hall–Kier alpha value is -3.05. The number of amides is 1. The van der Waals surface area contributed by atoms with Crippen LogP contribution in [0.15, 0.2) is 89.7 Å². The van der Waals surface area contributed by atoms with Crippen LogP contribution in [0.3, 0.4) is 0 Å². The van der Waals surface area contributed by atoms with E-state index in [2.05, 4.69) is 0 Å². The molecule has 1 aromatic carbocycles. The lowest BCUT2D eigenvalue weighted by molar-refractivity contribution is -0.132. The number of rotatable bonds is 4. The Kier molecular flexibility index (Phi) is 5.39. The number of aliphatic carboxylic acids is 1. The fourth-order valence-corrected chi connectivity index (χ4v) is 3.14. The fourth-order valence-electron chi connectivity index (χ4n) is 2.83. The number of halogens is 1. The van der Waals surface area contributed by atoms with Crippen molar-refractivity contribution in [1.82, 2.24) is 4.90 Å². The van der Waals surface area contributed by atoms with Gasteiger partial charge in [0, 0.05) is 34.9 Å². The quantitative estimate of drug-likeness (QED) is 0.813. The van der Waals surface area contributed by atoms with Crippen LogP contribution in [0.25, 0.3) is 0 Å². The molecule has 0 bridgehead atoms. The second kappa shape index (κ2) is 7.89. The van der Waals surface area contributed by atoms with Gasteiger partial charge in [0.15, 0.2) is 0 Å². The van der Waals surface area contributed by atoms with Gasteiger partial charge in [-0.3, -0.25) is 9.69 Å². The monoisotopic (exact) mass is 369 g/mol. The van der Waals surface area contributed by atoms with Gasteiger partial charge in [0.25, 0.3) is 5.91 Å². The van der Waals surface area contributed by atoms with E-state index in [1.165, 1.54) is 23.6 Å². The Labute approximate surface area is 155 Å². The van der Waals surface area contributed by atoms with Gasteiger partial charge in [-0.2, -0.15) is 0 Å². The van der Waals surface area contributed by atoms with Crippen molar-refractivity contribution in [3.8, 4) is 0 Å². The summed E-state index contributed by atoms with van der Waals surface area (Å²) in [7, 11) is 0. The normalized spacial score (nSPS) is 19.5. The number of benzene rings is 1. The van der Waals surface area contributed by atoms with Crippen molar-refractivity contribution in [1.29, 1.82) is 0 Å². The topological polar surface area (TPSA) is 66.8 Å². The van der Waals surface area contributed by atoms with E-state index >= 15 is 0 Å². The zero-order valence-corrected chi connectivity index (χ0v) is 14.5. The number of carboxylic acid groups (broad SMARTS) is 1. The van der Waals surface area contributed by atoms with Crippen LogP contribution in [0, 0.1) is 0 Å². The predicted molar refractivity (Wildman–Crippen MR) is 97.7 cm³/mol. The third kappa shape index (κ3) is 3.95. The number of carbonyl (C=O) groups excluding carboxylic acids is 1. The highest BCUT2D eigenvalue weighted by atomic mass is 35.5. The van der Waals surface area contributed by atoms with Crippen molar-refractivity contribution in [2.75, 3.05) is 0 Å². The smallest absolute Gasteiger partial charge is 0.328 e. The maximum Gasteiger partial charge on any atom is 0.328 e. The van der Waals surface area contributed by atoms with E-state index in [0.717, 1.165) is 29.7 Å². The molecule has 6 heteroatoms. The maximum atomic E-state index is 12.1. The van der Waals surface area contributed by atoms with Crippen molar-refractivity contribution < 1.29 is 19.4 Å². The number of ether oxygens (including phenoxy) is 1. The predicted octanol–water partition coefficient (Wildman–Crippen LogP) is 4.04. The number of allylic oxidation sites excluding steroid dienone is 4. The molecule has 1 unspecified atom stereocenters. The lowest BCUT2D eigenvalue weighted by atomic mass is 9.84. The first-order chi connectivity index (χ1) is 12.6. The summed E-state index contributed by atoms with van der Waals surface area (Å²) in [5, 5.41) is 9.21. The first-order valence-electron chi connectivity index (χ1n) is 7.96. The van der Waals surface area contributed by atoms with Gasteiger partial charge in [0.2, 0.25) is 0 Å². The molecule has 132 valence electrons. The molecule has 0 spiro atoms. The molecule has 1 aromatic rings. The van der Waals surface area contributed by atoms with Crippen LogP contribution in [-0.4, -0.2) is 21.9 Å². The van der Waals surface area contributed by atoms with Crippen LogP contribution < -0.4 is 0 Å². The molecule has 1 atom stereocenters. The molecular weight excluding hydrogens is 354 g/mol. The standard InChI is InChI=1S/C20H16ClNO4/c21-16-8-4-7-15(14-5-2-1-3-6-14)20(16)17-13-22(11-12-26-17)18(23)9-10-19(24)25/h1-6,8-13,15H,7H2,(H,24,25)/b10-9+. The highest BCUT2D eigenvalue weighted by molar-refractivity contribution is 6.32. The number of carbonyl (C=O) groups is 2. The summed E-state index contributed by atoms with van der Waals surface area (Å²) >= 11 is 6.44. The molecule has 1 aliphatic heterocycles. The second-order valence-corrected chi connectivity index (χ2v) is 6.08. The van der Waals surface area contributed by atoms with Crippen LogP contribution in [0.5, 0.6) is 0 Å². The Morgan fingerprint density at radius 3 is 2.73 bits per heavy atom. The summed E-state index contributed by atoms with van der Waals surface area (Å²) in [6.45, 7) is 0. The van der Waals surface area contributed by atoms with E-state index in [4.69, 9.17) is 21.4 Å². The molecule has 0 saturated carbocycles. The maximum absolute atomic E-state index is 12.1. The summed E-state index contributed by atoms with van der Waals surface area (Å²) in [6.07, 6.45) is 10.7. The van der Waals surface area contributed by atoms with Gasteiger partial charge in [-0.05, 0) is 18.1 Å². The fraction of sp³-hybridized carbons (Fsp3) is 0.100. The molecule has 1 amide bonds. The van der Waals surface area contributed by atoms with Crippen LogP contribution in [0.1, 0.15) is 17.9 Å². The van der Waals surface area contributed by atoms with Gasteiger partial charge in [-0.25, -0.2) is 4.79 Å². The Bertz CT molecular complexity index is 865. The van der Waals surface area contributed by atoms with Gasteiger partial charge in [-0.15, -0.1) is 0 Å². The van der Waals surface area contributed by atoms with Crippen LogP contribution in [-0.2, 0) is 14.3 Å². The van der Waals surface area contributed by atoms with Crippen LogP contribution >= 0.6 is 11.6 Å². The highest BCUT2D eigenvalue weighted by Gasteiger charge is 2.27. The summed E-state index contributed by atoms with van der Waals surface area (Å²) in [5.41, 5.74) is 1.87. The van der Waals surface area contributed by atoms with E-state index < -0.39 is 11.9 Å². The molecule has 3 rings (SSSR count). The lowest BCUT2D eigenvalue weighted by Gasteiger charge is -2.27. The largest absolute Gasteiger partial charge is 0.478 e. The SMILES string of the molecule is O=C(O)/C=C/C(=O)N1C=COC(C2=C(Cl)C=CCC2c2ccccc2)=C1. The molecule has 2 aliphatic rings. The second-order valence-electron chi connectivity index (χ2n) is 5.68. The first kappa shape index (κ1) is 17.8. The van der Waals surface area contributed by atoms with Crippen LogP contribution in [0.4, 0.5) is 0 Å². The van der Waals surface area contributed by atoms with Gasteiger partial charge in [0.1, 0.15) is 12.0 Å². The van der Waals surface area contributed by atoms with E-state index in [-0.39, 0.29) is 5.92 Å². The first-order valence-corrected chi connectivity index (χ1v) is 8.34. The van der Waals surface area contributed by atoms with Crippen molar-refractivity contribution in [2.24, 2.45) is 0 Å². The summed E-state index contributed by atoms with van der Waals surface area (Å²) in [5.74, 6) is -1.23. The molecule has 0 fully saturated rings. The zero-order chi connectivity index (χ0) is 18.5. The summed E-state index contributed by atoms with van der Waals surface area (Å²) in [4.78, 5) is 24.0. The minimum Gasteiger partial charge on any atom is -0.478 e. The van der Waals surface area contributed by atoms with Crippen molar-refractivity contribution in [3.63, 3.8) is 0 Å². The highest BCUT2D eigenvalue weighted by Crippen LogP contribution is 2.40. The van der Waals surface area contributed by atoms with E-state index in [0.29, 0.717) is 10.8 Å². The number of hydrogen-bond donors (Lipinski definition) is 1. The molecule has 0 radical (unpaired) electrons. The van der Waals surface area contributed by atoms with Gasteiger partial charge >= 0.3 is 5.97 Å². The van der Waals surface area contributed by atoms with E-state index in [1.54, 1.807) is 0 Å². The molecule has 26 heavy (non-hydrogen) atoms. The van der Waals surface area contributed by atoms with Crippen molar-refractivity contribution in [3.05, 3.63) is 95.2 Å². The molecule has 0 saturated heterocycles. The Balaban J connectivity index is 1.93. The van der Waals surface area contributed by atoms with Crippen LogP contribution in [0.2, 0.25) is 0 Å². The molecular formula is C20H16ClNO4. The van der Waals surface area contributed by atoms with Gasteiger partial charge in [0.05, 0.1) is 6.20 Å². The van der Waals surface area contributed by atoms with E-state index in [1.807, 2.05) is 42.5 Å². The van der Waals surface area contributed by atoms with Gasteiger partial charge < -0.3 is 9.84 Å². The molecule has 1 aliphatic carbocycles. The van der Waals surface area contributed by atoms with Crippen molar-refractivity contribution in [2.45, 2.75) is 12.3 Å². The minimum atomic E-state index is -1.19. The number of hydrogen-bond acceptors (Lipinski definition) is 3. The van der Waals surface area contributed by atoms with E-state index in [9.17, 15) is 9.59 Å². The van der Waals surface area contributed by atoms with Gasteiger partial charge in [-0.1, -0.05) is 48.0 Å². The third-order valence-corrected chi connectivity index (χ3v) is 4.33. The number of carboxylic acids is 1. The molecule has 5 nitrogen and oxygen atoms in total.